The molecule has 8 nitrogen and oxygen atoms in total. The molecule has 2 aromatic carbocycles. The third kappa shape index (κ3) is 4.54. The van der Waals surface area contributed by atoms with Gasteiger partial charge in [0.15, 0.2) is 9.84 Å². The third-order valence-corrected chi connectivity index (χ3v) is 9.28. The van der Waals surface area contributed by atoms with Crippen molar-refractivity contribution in [1.29, 1.82) is 0 Å². The number of carbonyl (C=O) groups excluding carboxylic acids is 2. The van der Waals surface area contributed by atoms with Crippen LogP contribution in [-0.4, -0.2) is 61.9 Å². The van der Waals surface area contributed by atoms with Crippen LogP contribution >= 0.6 is 0 Å². The lowest BCUT2D eigenvalue weighted by molar-refractivity contribution is -0.128. The van der Waals surface area contributed by atoms with Gasteiger partial charge < -0.3 is 10.1 Å². The Morgan fingerprint density at radius 1 is 1.14 bits per heavy atom. The molecule has 186 valence electrons. The van der Waals surface area contributed by atoms with Crippen LogP contribution in [0.2, 0.25) is 0 Å². The molecule has 5 rings (SSSR count). The van der Waals surface area contributed by atoms with Gasteiger partial charge in [-0.1, -0.05) is 37.1 Å². The summed E-state index contributed by atoms with van der Waals surface area (Å²) in [6, 6.07) is 14.7. The fourth-order valence-corrected chi connectivity index (χ4v) is 7.48. The van der Waals surface area contributed by atoms with E-state index in [1.54, 1.807) is 12.0 Å². The van der Waals surface area contributed by atoms with Gasteiger partial charge in [-0.2, -0.15) is 0 Å². The summed E-state index contributed by atoms with van der Waals surface area (Å²) in [5, 5.41) is 3.01. The molecule has 1 saturated carbocycles. The number of ether oxygens (including phenoxy) is 1. The summed E-state index contributed by atoms with van der Waals surface area (Å²) in [7, 11) is -1.53. The van der Waals surface area contributed by atoms with Crippen LogP contribution in [0, 0.1) is 0 Å². The number of benzene rings is 2. The van der Waals surface area contributed by atoms with Crippen molar-refractivity contribution < 1.29 is 22.7 Å². The summed E-state index contributed by atoms with van der Waals surface area (Å²) < 4.78 is 29.8. The highest BCUT2D eigenvalue weighted by molar-refractivity contribution is 7.91. The number of hydrogen-bond acceptors (Lipinski definition) is 6. The average molecular weight is 498 g/mol. The highest BCUT2D eigenvalue weighted by Crippen LogP contribution is 2.45. The van der Waals surface area contributed by atoms with Gasteiger partial charge in [-0.25, -0.2) is 8.42 Å². The number of hydrogen-bond donors (Lipinski definition) is 1. The Kier molecular flexibility index (Phi) is 6.31. The lowest BCUT2D eigenvalue weighted by Crippen LogP contribution is -2.62. The zero-order valence-electron chi connectivity index (χ0n) is 19.9. The molecule has 1 aliphatic carbocycles. The lowest BCUT2D eigenvalue weighted by atomic mass is 9.89. The topological polar surface area (TPSA) is 96.0 Å². The number of nitrogens with zero attached hydrogens (tertiary/aromatic N) is 2. The molecule has 0 aromatic heterocycles. The highest BCUT2D eigenvalue weighted by atomic mass is 32.2. The Morgan fingerprint density at radius 3 is 2.51 bits per heavy atom. The van der Waals surface area contributed by atoms with Crippen LogP contribution in [0.1, 0.15) is 37.7 Å². The molecule has 3 aliphatic rings. The second kappa shape index (κ2) is 9.28. The molecular weight excluding hydrogens is 466 g/mol. The van der Waals surface area contributed by atoms with E-state index in [2.05, 4.69) is 5.32 Å². The van der Waals surface area contributed by atoms with Gasteiger partial charge in [0, 0.05) is 12.6 Å². The van der Waals surface area contributed by atoms with Gasteiger partial charge in [-0.05, 0) is 49.1 Å². The first-order chi connectivity index (χ1) is 16.8. The minimum atomic E-state index is -3.13. The molecule has 1 saturated heterocycles. The van der Waals surface area contributed by atoms with Crippen LogP contribution in [0.15, 0.2) is 48.5 Å². The van der Waals surface area contributed by atoms with Crippen LogP contribution in [0.25, 0.3) is 0 Å². The fourth-order valence-electron chi connectivity index (χ4n) is 5.72. The maximum Gasteiger partial charge on any atom is 0.250 e. The summed E-state index contributed by atoms with van der Waals surface area (Å²) in [5.41, 5.74) is 1.42. The standard InChI is InChI=1S/C26H31N3O5S/c1-34-21-10-8-19(9-11-21)16-28(20-12-15-35(32,33)18-20)17-24(30)29-23-7-3-2-6-22(23)27-25(31)26(29)13-4-5-14-26/h2-3,6-11,20H,4-5,12-18H2,1H3,(H,27,31). The molecule has 1 spiro atoms. The number of rotatable bonds is 6. The number of nitrogens with one attached hydrogen (secondary N) is 1. The lowest BCUT2D eigenvalue weighted by Gasteiger charge is -2.45. The zero-order valence-corrected chi connectivity index (χ0v) is 20.7. The van der Waals surface area contributed by atoms with Crippen molar-refractivity contribution in [1.82, 2.24) is 4.90 Å². The van der Waals surface area contributed by atoms with Gasteiger partial charge >= 0.3 is 0 Å². The van der Waals surface area contributed by atoms with Gasteiger partial charge in [0.1, 0.15) is 11.3 Å². The molecule has 2 heterocycles. The first kappa shape index (κ1) is 23.8. The zero-order chi connectivity index (χ0) is 24.6. The van der Waals surface area contributed by atoms with E-state index in [1.807, 2.05) is 53.4 Å². The average Bonchev–Trinajstić information content (AvgIpc) is 3.47. The Labute approximate surface area is 206 Å². The first-order valence-electron chi connectivity index (χ1n) is 12.1. The third-order valence-electron chi connectivity index (χ3n) is 7.53. The number of amides is 2. The van der Waals surface area contributed by atoms with Gasteiger partial charge in [0.05, 0.1) is 36.5 Å². The van der Waals surface area contributed by atoms with E-state index >= 15 is 0 Å². The van der Waals surface area contributed by atoms with Crippen molar-refractivity contribution in [3.05, 3.63) is 54.1 Å². The van der Waals surface area contributed by atoms with E-state index in [9.17, 15) is 18.0 Å². The van der Waals surface area contributed by atoms with Gasteiger partial charge in [-0.15, -0.1) is 0 Å². The number of sulfone groups is 1. The predicted molar refractivity (Wildman–Crippen MR) is 134 cm³/mol. The molecule has 2 aliphatic heterocycles. The van der Waals surface area contributed by atoms with E-state index in [0.717, 1.165) is 24.2 Å². The number of para-hydroxylation sites is 2. The molecule has 9 heteroatoms. The molecule has 0 radical (unpaired) electrons. The summed E-state index contributed by atoms with van der Waals surface area (Å²) in [4.78, 5) is 31.0. The Hall–Kier alpha value is -2.91. The maximum absolute atomic E-state index is 14.0. The Morgan fingerprint density at radius 2 is 1.86 bits per heavy atom. The van der Waals surface area contributed by atoms with Crippen molar-refractivity contribution in [2.24, 2.45) is 0 Å². The quantitative estimate of drug-likeness (QED) is 0.659. The van der Waals surface area contributed by atoms with Gasteiger partial charge in [0.2, 0.25) is 5.91 Å². The van der Waals surface area contributed by atoms with Crippen LogP contribution in [0.5, 0.6) is 5.75 Å². The molecule has 0 bridgehead atoms. The van der Waals surface area contributed by atoms with Crippen molar-refractivity contribution in [2.75, 3.05) is 35.4 Å². The van der Waals surface area contributed by atoms with Crippen molar-refractivity contribution >= 4 is 33.0 Å². The van der Waals surface area contributed by atoms with Gasteiger partial charge in [-0.3, -0.25) is 19.4 Å². The van der Waals surface area contributed by atoms with E-state index in [1.165, 1.54) is 0 Å². The van der Waals surface area contributed by atoms with Crippen molar-refractivity contribution in [3.8, 4) is 5.75 Å². The molecule has 2 fully saturated rings. The van der Waals surface area contributed by atoms with Crippen molar-refractivity contribution in [3.63, 3.8) is 0 Å². The minimum absolute atomic E-state index is 0.0373. The number of methoxy groups -OCH3 is 1. The maximum atomic E-state index is 14.0. The second-order valence-electron chi connectivity index (χ2n) is 9.75. The van der Waals surface area contributed by atoms with E-state index in [0.29, 0.717) is 37.2 Å². The van der Waals surface area contributed by atoms with E-state index in [-0.39, 0.29) is 35.9 Å². The molecule has 1 N–H and O–H groups in total. The molecule has 35 heavy (non-hydrogen) atoms. The molecule has 2 amide bonds. The SMILES string of the molecule is COc1ccc(CN(CC(=O)N2c3ccccc3NC(=O)C23CCCC3)C2CCS(=O)(=O)C2)cc1. The number of anilines is 2. The predicted octanol–water partition coefficient (Wildman–Crippen LogP) is 2.98. The van der Waals surface area contributed by atoms with Crippen LogP contribution in [0.4, 0.5) is 11.4 Å². The number of carbonyl (C=O) groups is 2. The Bertz CT molecular complexity index is 1220. The summed E-state index contributed by atoms with van der Waals surface area (Å²) >= 11 is 0. The monoisotopic (exact) mass is 497 g/mol. The van der Waals surface area contributed by atoms with Crippen LogP contribution in [0.3, 0.4) is 0 Å². The summed E-state index contributed by atoms with van der Waals surface area (Å²) in [6.07, 6.45) is 3.50. The van der Waals surface area contributed by atoms with E-state index in [4.69, 9.17) is 4.74 Å². The van der Waals surface area contributed by atoms with Crippen LogP contribution < -0.4 is 15.0 Å². The largest absolute Gasteiger partial charge is 0.497 e. The smallest absolute Gasteiger partial charge is 0.250 e. The molecular formula is C26H31N3O5S. The second-order valence-corrected chi connectivity index (χ2v) is 12.0. The fraction of sp³-hybridized carbons (Fsp3) is 0.462. The van der Waals surface area contributed by atoms with E-state index < -0.39 is 15.4 Å². The van der Waals surface area contributed by atoms with Gasteiger partial charge in [0.25, 0.3) is 5.91 Å². The van der Waals surface area contributed by atoms with Crippen LogP contribution in [-0.2, 0) is 26.0 Å². The molecule has 1 atom stereocenters. The highest BCUT2D eigenvalue weighted by Gasteiger charge is 2.52. The normalized spacial score (nSPS) is 22.3. The molecule has 1 unspecified atom stereocenters. The molecule has 2 aromatic rings. The summed E-state index contributed by atoms with van der Waals surface area (Å²) in [5.74, 6) is 0.598. The number of fused-ring (bicyclic) bond motifs is 1. The summed E-state index contributed by atoms with van der Waals surface area (Å²) in [6.45, 7) is 0.472. The first-order valence-corrected chi connectivity index (χ1v) is 13.9. The van der Waals surface area contributed by atoms with Crippen molar-refractivity contribution in [2.45, 2.75) is 50.2 Å². The minimum Gasteiger partial charge on any atom is -0.497 e. The Balaban J connectivity index is 1.47.